The van der Waals surface area contributed by atoms with Gasteiger partial charge < -0.3 is 15.6 Å². The number of hydrogen-bond acceptors (Lipinski definition) is 9. The number of nitrogens with two attached hydrogens (primary N) is 1. The number of aryl methyl sites for hydroxylation is 1. The molecular weight excluding hydrogens is 446 g/mol. The maximum atomic E-state index is 13.4. The van der Waals surface area contributed by atoms with Crippen molar-refractivity contribution in [1.82, 2.24) is 34.9 Å². The van der Waals surface area contributed by atoms with Crippen LogP contribution in [0.5, 0.6) is 0 Å². The highest BCUT2D eigenvalue weighted by Crippen LogP contribution is 2.32. The van der Waals surface area contributed by atoms with E-state index in [4.69, 9.17) is 21.9 Å². The van der Waals surface area contributed by atoms with E-state index in [1.165, 1.54) is 10.9 Å². The van der Waals surface area contributed by atoms with Crippen LogP contribution in [0.4, 0.5) is 11.6 Å². The summed E-state index contributed by atoms with van der Waals surface area (Å²) in [4.78, 5) is 26.1. The highest BCUT2D eigenvalue weighted by molar-refractivity contribution is 6.35. The third kappa shape index (κ3) is 3.57. The molecule has 5 rings (SSSR count). The van der Waals surface area contributed by atoms with Crippen molar-refractivity contribution < 1.29 is 4.52 Å². The van der Waals surface area contributed by atoms with E-state index in [1.807, 2.05) is 13.0 Å². The van der Waals surface area contributed by atoms with Crippen molar-refractivity contribution in [3.63, 3.8) is 0 Å². The van der Waals surface area contributed by atoms with E-state index >= 15 is 0 Å². The van der Waals surface area contributed by atoms with Crippen molar-refractivity contribution in [2.75, 3.05) is 11.1 Å². The van der Waals surface area contributed by atoms with Crippen LogP contribution in [0, 0.1) is 6.92 Å². The first-order valence-corrected chi connectivity index (χ1v) is 10.3. The molecular formula is C21H18ClN9O2. The van der Waals surface area contributed by atoms with Gasteiger partial charge in [-0.2, -0.15) is 10.1 Å². The number of aromatic nitrogens is 7. The number of aromatic amines is 1. The van der Waals surface area contributed by atoms with Crippen LogP contribution in [-0.4, -0.2) is 34.9 Å². The summed E-state index contributed by atoms with van der Waals surface area (Å²) in [6.45, 7) is 3.58. The monoisotopic (exact) mass is 463 g/mol. The van der Waals surface area contributed by atoms with E-state index in [2.05, 4.69) is 35.6 Å². The lowest BCUT2D eigenvalue weighted by atomic mass is 10.1. The predicted octanol–water partition coefficient (Wildman–Crippen LogP) is 3.27. The molecule has 0 spiro atoms. The molecule has 4 heterocycles. The average molecular weight is 464 g/mol. The Labute approximate surface area is 191 Å². The summed E-state index contributed by atoms with van der Waals surface area (Å²) in [7, 11) is 0. The fourth-order valence-electron chi connectivity index (χ4n) is 3.65. The Hall–Kier alpha value is -4.25. The lowest BCUT2D eigenvalue weighted by molar-refractivity contribution is 0.425. The second-order valence-electron chi connectivity index (χ2n) is 7.34. The molecule has 0 aliphatic heterocycles. The minimum absolute atomic E-state index is 0.176. The number of hydrogen-bond donors (Lipinski definition) is 3. The highest BCUT2D eigenvalue weighted by Gasteiger charge is 2.23. The van der Waals surface area contributed by atoms with Gasteiger partial charge in [0, 0.05) is 28.1 Å². The minimum Gasteiger partial charge on any atom is -0.383 e. The van der Waals surface area contributed by atoms with Crippen molar-refractivity contribution in [2.24, 2.45) is 0 Å². The molecule has 12 heteroatoms. The van der Waals surface area contributed by atoms with Gasteiger partial charge in [-0.15, -0.1) is 0 Å². The zero-order valence-corrected chi connectivity index (χ0v) is 18.3. The van der Waals surface area contributed by atoms with E-state index in [0.717, 1.165) is 0 Å². The molecule has 166 valence electrons. The van der Waals surface area contributed by atoms with Crippen LogP contribution in [0.2, 0.25) is 5.02 Å². The van der Waals surface area contributed by atoms with Crippen LogP contribution in [0.15, 0.2) is 52.2 Å². The molecule has 0 bridgehead atoms. The number of nitrogens with zero attached hydrogens (tertiary/aromatic N) is 6. The van der Waals surface area contributed by atoms with E-state index in [0.29, 0.717) is 44.5 Å². The molecule has 4 N–H and O–H groups in total. The summed E-state index contributed by atoms with van der Waals surface area (Å²) in [5, 5.41) is 15.7. The molecule has 0 unspecified atom stereocenters. The summed E-state index contributed by atoms with van der Waals surface area (Å²) in [5.41, 5.74) is 6.83. The average Bonchev–Trinajstić information content (AvgIpc) is 3.46. The fourth-order valence-corrected chi connectivity index (χ4v) is 3.88. The van der Waals surface area contributed by atoms with Crippen molar-refractivity contribution >= 4 is 34.0 Å². The first-order chi connectivity index (χ1) is 15.9. The van der Waals surface area contributed by atoms with E-state index in [1.54, 1.807) is 37.4 Å². The number of benzene rings is 1. The Morgan fingerprint density at radius 1 is 1.24 bits per heavy atom. The summed E-state index contributed by atoms with van der Waals surface area (Å²) < 4.78 is 6.81. The van der Waals surface area contributed by atoms with E-state index in [-0.39, 0.29) is 17.3 Å². The first-order valence-electron chi connectivity index (χ1n) is 9.96. The van der Waals surface area contributed by atoms with Crippen molar-refractivity contribution in [3.05, 3.63) is 69.8 Å². The molecule has 33 heavy (non-hydrogen) atoms. The van der Waals surface area contributed by atoms with E-state index < -0.39 is 6.04 Å². The lowest BCUT2D eigenvalue weighted by Gasteiger charge is -2.21. The number of rotatable bonds is 5. The summed E-state index contributed by atoms with van der Waals surface area (Å²) in [6.07, 6.45) is 2.97. The Bertz CT molecular complexity index is 1530. The van der Waals surface area contributed by atoms with Gasteiger partial charge in [0.25, 0.3) is 11.4 Å². The lowest BCUT2D eigenvalue weighted by Crippen LogP contribution is -2.26. The number of halogens is 1. The van der Waals surface area contributed by atoms with Crippen LogP contribution in [-0.2, 0) is 0 Å². The van der Waals surface area contributed by atoms with Gasteiger partial charge in [-0.05, 0) is 32.0 Å². The van der Waals surface area contributed by atoms with Gasteiger partial charge >= 0.3 is 0 Å². The standard InChI is InChI=1S/C21H18ClN9O2/c1-10(27-19-17(18(23)24-9-25-19)20-28-11(2)30-33-20)15-8-13-12(4-3-5-14(13)22)21(32)31(15)16-6-7-26-29-16/h3-10H,1-2H3,(H,26,29)(H3,23,24,25,27)/t10-/m0/s1. The van der Waals surface area contributed by atoms with Gasteiger partial charge in [-0.25, -0.2) is 9.97 Å². The Kier molecular flexibility index (Phi) is 5.02. The van der Waals surface area contributed by atoms with Gasteiger partial charge in [-0.1, -0.05) is 22.8 Å². The number of anilines is 2. The van der Waals surface area contributed by atoms with Gasteiger partial charge in [0.1, 0.15) is 23.5 Å². The van der Waals surface area contributed by atoms with Crippen LogP contribution in [0.25, 0.3) is 28.0 Å². The van der Waals surface area contributed by atoms with Gasteiger partial charge in [0.15, 0.2) is 11.6 Å². The molecule has 1 atom stereocenters. The molecule has 4 aromatic heterocycles. The molecule has 0 saturated carbocycles. The number of nitrogens with one attached hydrogen (secondary N) is 2. The summed E-state index contributed by atoms with van der Waals surface area (Å²) in [5.74, 6) is 1.63. The SMILES string of the molecule is Cc1noc(-c2c(N)ncnc2N[C@@H](C)c2cc3c(Cl)cccc3c(=O)n2-c2cc[nH]n2)n1. The van der Waals surface area contributed by atoms with Crippen LogP contribution in [0.1, 0.15) is 24.5 Å². The van der Waals surface area contributed by atoms with Crippen molar-refractivity contribution in [1.29, 1.82) is 0 Å². The topological polar surface area (TPSA) is 153 Å². The maximum absolute atomic E-state index is 13.4. The summed E-state index contributed by atoms with van der Waals surface area (Å²) in [6, 6.07) is 8.34. The molecule has 0 aliphatic rings. The zero-order chi connectivity index (χ0) is 23.1. The fraction of sp³-hybridized carbons (Fsp3) is 0.143. The largest absolute Gasteiger partial charge is 0.383 e. The third-order valence-electron chi connectivity index (χ3n) is 5.17. The number of pyridine rings is 1. The Morgan fingerprint density at radius 3 is 2.82 bits per heavy atom. The number of fused-ring (bicyclic) bond motifs is 1. The van der Waals surface area contributed by atoms with Gasteiger partial charge in [-0.3, -0.25) is 14.5 Å². The molecule has 0 radical (unpaired) electrons. The summed E-state index contributed by atoms with van der Waals surface area (Å²) >= 11 is 6.42. The molecule has 11 nitrogen and oxygen atoms in total. The quantitative estimate of drug-likeness (QED) is 0.356. The minimum atomic E-state index is -0.438. The molecule has 1 aromatic carbocycles. The highest BCUT2D eigenvalue weighted by atomic mass is 35.5. The Balaban J connectivity index is 1.67. The molecule has 0 fully saturated rings. The predicted molar refractivity (Wildman–Crippen MR) is 123 cm³/mol. The maximum Gasteiger partial charge on any atom is 0.265 e. The second-order valence-corrected chi connectivity index (χ2v) is 7.75. The second kappa shape index (κ2) is 8.02. The van der Waals surface area contributed by atoms with Gasteiger partial charge in [0.2, 0.25) is 0 Å². The van der Waals surface area contributed by atoms with Crippen LogP contribution in [0.3, 0.4) is 0 Å². The first kappa shape index (κ1) is 20.6. The molecule has 0 saturated heterocycles. The molecule has 5 aromatic rings. The molecule has 0 amide bonds. The van der Waals surface area contributed by atoms with Crippen LogP contribution < -0.4 is 16.6 Å². The van der Waals surface area contributed by atoms with Crippen LogP contribution >= 0.6 is 11.6 Å². The van der Waals surface area contributed by atoms with Crippen molar-refractivity contribution in [2.45, 2.75) is 19.9 Å². The van der Waals surface area contributed by atoms with E-state index in [9.17, 15) is 4.79 Å². The zero-order valence-electron chi connectivity index (χ0n) is 17.6. The normalized spacial score (nSPS) is 12.2. The smallest absolute Gasteiger partial charge is 0.265 e. The van der Waals surface area contributed by atoms with Crippen molar-refractivity contribution in [3.8, 4) is 17.3 Å². The van der Waals surface area contributed by atoms with Gasteiger partial charge in [0.05, 0.1) is 11.7 Å². The number of H-pyrrole nitrogens is 1. The Morgan fingerprint density at radius 2 is 2.09 bits per heavy atom. The molecule has 0 aliphatic carbocycles. The number of nitrogen functional groups attached to an aromatic ring is 1. The third-order valence-corrected chi connectivity index (χ3v) is 5.50.